The maximum absolute atomic E-state index is 11.5. The third kappa shape index (κ3) is 4.51. The van der Waals surface area contributed by atoms with Crippen molar-refractivity contribution in [3.8, 4) is 0 Å². The predicted octanol–water partition coefficient (Wildman–Crippen LogP) is 1.51. The average Bonchev–Trinajstić information content (AvgIpc) is 2.50. The second-order valence-corrected chi connectivity index (χ2v) is 5.19. The number of carbonyl (C=O) groups excluding carboxylic acids is 1. The van der Waals surface area contributed by atoms with Gasteiger partial charge in [0.25, 0.3) is 0 Å². The highest BCUT2D eigenvalue weighted by atomic mass is 16.6. The van der Waals surface area contributed by atoms with Crippen LogP contribution in [-0.4, -0.2) is 30.8 Å². The van der Waals surface area contributed by atoms with E-state index in [4.69, 9.17) is 4.74 Å². The lowest BCUT2D eigenvalue weighted by Gasteiger charge is -2.24. The number of nitrogens with one attached hydrogen (secondary N) is 2. The van der Waals surface area contributed by atoms with E-state index >= 15 is 0 Å². The summed E-state index contributed by atoms with van der Waals surface area (Å²) in [6, 6.07) is 0.176. The highest BCUT2D eigenvalue weighted by Gasteiger charge is 2.24. The highest BCUT2D eigenvalue weighted by Crippen LogP contribution is 2.13. The van der Waals surface area contributed by atoms with Gasteiger partial charge in [0.05, 0.1) is 0 Å². The van der Waals surface area contributed by atoms with Crippen molar-refractivity contribution >= 4 is 6.09 Å². The molecule has 1 rings (SSSR count). The van der Waals surface area contributed by atoms with Crippen molar-refractivity contribution in [2.24, 2.45) is 5.92 Å². The number of rotatable bonds is 2. The molecule has 88 valence electrons. The van der Waals surface area contributed by atoms with E-state index in [9.17, 15) is 4.79 Å². The smallest absolute Gasteiger partial charge is 0.407 e. The maximum atomic E-state index is 11.5. The van der Waals surface area contributed by atoms with Crippen molar-refractivity contribution in [3.05, 3.63) is 0 Å². The van der Waals surface area contributed by atoms with Crippen LogP contribution in [0.4, 0.5) is 4.79 Å². The monoisotopic (exact) mass is 214 g/mol. The SMILES string of the molecule is C[C@@H](NC(=O)OC(C)(C)C)C1CCNC1. The Morgan fingerprint density at radius 3 is 2.67 bits per heavy atom. The number of alkyl carbamates (subject to hydrolysis) is 1. The lowest BCUT2D eigenvalue weighted by molar-refractivity contribution is 0.0494. The summed E-state index contributed by atoms with van der Waals surface area (Å²) in [6.07, 6.45) is 0.804. The van der Waals surface area contributed by atoms with Gasteiger partial charge < -0.3 is 15.4 Å². The van der Waals surface area contributed by atoms with Crippen molar-refractivity contribution in [2.75, 3.05) is 13.1 Å². The first-order valence-electron chi connectivity index (χ1n) is 5.59. The summed E-state index contributed by atoms with van der Waals surface area (Å²) in [5, 5.41) is 6.16. The summed E-state index contributed by atoms with van der Waals surface area (Å²) in [6.45, 7) is 9.67. The Hall–Kier alpha value is -0.770. The van der Waals surface area contributed by atoms with Gasteiger partial charge >= 0.3 is 6.09 Å². The average molecular weight is 214 g/mol. The lowest BCUT2D eigenvalue weighted by Crippen LogP contribution is -2.41. The molecule has 1 unspecified atom stereocenters. The van der Waals surface area contributed by atoms with Crippen molar-refractivity contribution in [1.29, 1.82) is 0 Å². The molecule has 0 aliphatic carbocycles. The van der Waals surface area contributed by atoms with Gasteiger partial charge in [0.1, 0.15) is 5.60 Å². The standard InChI is InChI=1S/C11H22N2O2/c1-8(9-5-6-12-7-9)13-10(14)15-11(2,3)4/h8-9,12H,5-7H2,1-4H3,(H,13,14)/t8-,9?/m1/s1. The topological polar surface area (TPSA) is 50.4 Å². The van der Waals surface area contributed by atoms with Crippen LogP contribution in [0.25, 0.3) is 0 Å². The van der Waals surface area contributed by atoms with E-state index in [2.05, 4.69) is 10.6 Å². The lowest BCUT2D eigenvalue weighted by atomic mass is 10.0. The van der Waals surface area contributed by atoms with Gasteiger partial charge in [-0.25, -0.2) is 4.79 Å². The first-order chi connectivity index (χ1) is 6.88. The van der Waals surface area contributed by atoms with Crippen molar-refractivity contribution < 1.29 is 9.53 Å². The number of hydrogen-bond acceptors (Lipinski definition) is 3. The zero-order chi connectivity index (χ0) is 11.5. The van der Waals surface area contributed by atoms with Crippen LogP contribution >= 0.6 is 0 Å². The molecule has 2 atom stereocenters. The Bertz CT molecular complexity index is 217. The molecule has 4 heteroatoms. The minimum Gasteiger partial charge on any atom is -0.444 e. The van der Waals surface area contributed by atoms with E-state index in [0.29, 0.717) is 5.92 Å². The maximum Gasteiger partial charge on any atom is 0.407 e. The molecule has 0 bridgehead atoms. The third-order valence-corrected chi connectivity index (χ3v) is 2.55. The second-order valence-electron chi connectivity index (χ2n) is 5.19. The Kier molecular flexibility index (Phi) is 3.97. The van der Waals surface area contributed by atoms with Crippen LogP contribution in [0.2, 0.25) is 0 Å². The molecule has 0 saturated carbocycles. The molecule has 0 aromatic heterocycles. The minimum atomic E-state index is -0.419. The molecular formula is C11H22N2O2. The fraction of sp³-hybridized carbons (Fsp3) is 0.909. The van der Waals surface area contributed by atoms with Crippen LogP contribution in [0.3, 0.4) is 0 Å². The summed E-state index contributed by atoms with van der Waals surface area (Å²) in [4.78, 5) is 11.5. The van der Waals surface area contributed by atoms with Crippen molar-refractivity contribution in [1.82, 2.24) is 10.6 Å². The molecule has 0 aromatic rings. The summed E-state index contributed by atoms with van der Waals surface area (Å²) >= 11 is 0. The van der Waals surface area contributed by atoms with Crippen LogP contribution in [0.5, 0.6) is 0 Å². The van der Waals surface area contributed by atoms with Gasteiger partial charge in [0, 0.05) is 6.04 Å². The van der Waals surface area contributed by atoms with Gasteiger partial charge in [-0.15, -0.1) is 0 Å². The first-order valence-corrected chi connectivity index (χ1v) is 5.59. The molecule has 1 amide bonds. The first kappa shape index (κ1) is 12.3. The normalized spacial score (nSPS) is 23.6. The van der Waals surface area contributed by atoms with Gasteiger partial charge in [-0.2, -0.15) is 0 Å². The van der Waals surface area contributed by atoms with Crippen LogP contribution in [0.15, 0.2) is 0 Å². The minimum absolute atomic E-state index is 0.176. The summed E-state index contributed by atoms with van der Waals surface area (Å²) in [7, 11) is 0. The van der Waals surface area contributed by atoms with E-state index < -0.39 is 5.60 Å². The fourth-order valence-electron chi connectivity index (χ4n) is 1.72. The molecule has 1 aliphatic heterocycles. The van der Waals surface area contributed by atoms with E-state index in [1.807, 2.05) is 27.7 Å². The van der Waals surface area contributed by atoms with E-state index in [0.717, 1.165) is 19.5 Å². The third-order valence-electron chi connectivity index (χ3n) is 2.55. The largest absolute Gasteiger partial charge is 0.444 e. The molecule has 0 spiro atoms. The van der Waals surface area contributed by atoms with Crippen LogP contribution in [0, 0.1) is 5.92 Å². The van der Waals surface area contributed by atoms with E-state index in [-0.39, 0.29) is 12.1 Å². The van der Waals surface area contributed by atoms with Crippen LogP contribution in [0.1, 0.15) is 34.1 Å². The van der Waals surface area contributed by atoms with E-state index in [1.165, 1.54) is 0 Å². The van der Waals surface area contributed by atoms with Crippen molar-refractivity contribution in [3.63, 3.8) is 0 Å². The Morgan fingerprint density at radius 1 is 1.53 bits per heavy atom. The Balaban J connectivity index is 2.30. The number of ether oxygens (including phenoxy) is 1. The molecule has 1 saturated heterocycles. The zero-order valence-electron chi connectivity index (χ0n) is 10.1. The zero-order valence-corrected chi connectivity index (χ0v) is 10.1. The number of amides is 1. The van der Waals surface area contributed by atoms with Crippen LogP contribution < -0.4 is 10.6 Å². The van der Waals surface area contributed by atoms with Crippen molar-refractivity contribution in [2.45, 2.75) is 45.8 Å². The molecule has 15 heavy (non-hydrogen) atoms. The summed E-state index contributed by atoms with van der Waals surface area (Å²) in [5.41, 5.74) is -0.419. The molecule has 0 radical (unpaired) electrons. The molecule has 1 heterocycles. The number of hydrogen-bond donors (Lipinski definition) is 2. The van der Waals surface area contributed by atoms with E-state index in [1.54, 1.807) is 0 Å². The Labute approximate surface area is 91.8 Å². The van der Waals surface area contributed by atoms with Gasteiger partial charge in [-0.05, 0) is 53.1 Å². The number of carbonyl (C=O) groups is 1. The molecular weight excluding hydrogens is 192 g/mol. The molecule has 0 aromatic carbocycles. The highest BCUT2D eigenvalue weighted by molar-refractivity contribution is 5.68. The predicted molar refractivity (Wildman–Crippen MR) is 59.8 cm³/mol. The summed E-state index contributed by atoms with van der Waals surface area (Å²) in [5.74, 6) is 0.525. The van der Waals surface area contributed by atoms with Gasteiger partial charge in [-0.3, -0.25) is 0 Å². The molecule has 4 nitrogen and oxygen atoms in total. The van der Waals surface area contributed by atoms with Gasteiger partial charge in [-0.1, -0.05) is 0 Å². The molecule has 1 aliphatic rings. The Morgan fingerprint density at radius 2 is 2.20 bits per heavy atom. The second kappa shape index (κ2) is 4.84. The quantitative estimate of drug-likeness (QED) is 0.732. The van der Waals surface area contributed by atoms with Crippen LogP contribution in [-0.2, 0) is 4.74 Å². The fourth-order valence-corrected chi connectivity index (χ4v) is 1.72. The summed E-state index contributed by atoms with van der Waals surface area (Å²) < 4.78 is 5.20. The molecule has 1 fully saturated rings. The van der Waals surface area contributed by atoms with Gasteiger partial charge in [0.2, 0.25) is 0 Å². The van der Waals surface area contributed by atoms with Gasteiger partial charge in [0.15, 0.2) is 0 Å². The molecule has 2 N–H and O–H groups in total.